The second-order valence-electron chi connectivity index (χ2n) is 3.13. The highest BCUT2D eigenvalue weighted by molar-refractivity contribution is 5.78. The van der Waals surface area contributed by atoms with Crippen molar-refractivity contribution in [2.45, 2.75) is 26.2 Å². The molecule has 1 saturated carbocycles. The Morgan fingerprint density at radius 3 is 2.60 bits per heavy atom. The van der Waals surface area contributed by atoms with Crippen LogP contribution >= 0.6 is 0 Å². The van der Waals surface area contributed by atoms with Crippen molar-refractivity contribution in [1.29, 1.82) is 0 Å². The van der Waals surface area contributed by atoms with Crippen LogP contribution in [0.2, 0.25) is 0 Å². The summed E-state index contributed by atoms with van der Waals surface area (Å²) in [6.45, 7) is 2.16. The van der Waals surface area contributed by atoms with Crippen LogP contribution in [0.5, 0.6) is 0 Å². The van der Waals surface area contributed by atoms with Gasteiger partial charge in [0, 0.05) is 13.0 Å². The number of nitrogens with one attached hydrogen (secondary N) is 1. The van der Waals surface area contributed by atoms with Gasteiger partial charge in [-0.05, 0) is 18.8 Å². The molecule has 0 saturated heterocycles. The molecule has 0 bridgehead atoms. The van der Waals surface area contributed by atoms with Crippen LogP contribution in [0, 0.1) is 11.8 Å². The number of carbonyl (C=O) groups is 1. The Labute approximate surface area is 62.0 Å². The van der Waals surface area contributed by atoms with E-state index >= 15 is 0 Å². The van der Waals surface area contributed by atoms with Crippen LogP contribution in [0.15, 0.2) is 0 Å². The zero-order valence-corrected chi connectivity index (χ0v) is 6.68. The van der Waals surface area contributed by atoms with Crippen molar-refractivity contribution in [3.63, 3.8) is 0 Å². The van der Waals surface area contributed by atoms with E-state index in [0.29, 0.717) is 11.8 Å². The lowest BCUT2D eigenvalue weighted by atomic mass is 9.97. The Kier molecular flexibility index (Phi) is 2.30. The van der Waals surface area contributed by atoms with Crippen molar-refractivity contribution >= 4 is 5.91 Å². The minimum atomic E-state index is 0.227. The minimum Gasteiger partial charge on any atom is -0.359 e. The van der Waals surface area contributed by atoms with Gasteiger partial charge in [-0.25, -0.2) is 0 Å². The fraction of sp³-hybridized carbons (Fsp3) is 0.875. The van der Waals surface area contributed by atoms with Gasteiger partial charge in [-0.15, -0.1) is 0 Å². The van der Waals surface area contributed by atoms with Crippen LogP contribution in [-0.4, -0.2) is 13.0 Å². The van der Waals surface area contributed by atoms with Crippen LogP contribution in [0.25, 0.3) is 0 Å². The third-order valence-corrected chi connectivity index (χ3v) is 2.44. The topological polar surface area (TPSA) is 29.1 Å². The van der Waals surface area contributed by atoms with E-state index < -0.39 is 0 Å². The van der Waals surface area contributed by atoms with Gasteiger partial charge in [0.25, 0.3) is 0 Å². The van der Waals surface area contributed by atoms with Crippen LogP contribution < -0.4 is 5.32 Å². The summed E-state index contributed by atoms with van der Waals surface area (Å²) in [6.07, 6.45) is 3.53. The second-order valence-corrected chi connectivity index (χ2v) is 3.13. The van der Waals surface area contributed by atoms with Gasteiger partial charge in [-0.2, -0.15) is 0 Å². The van der Waals surface area contributed by atoms with E-state index in [1.54, 1.807) is 7.05 Å². The molecule has 0 radical (unpaired) electrons. The maximum Gasteiger partial charge on any atom is 0.223 e. The van der Waals surface area contributed by atoms with Gasteiger partial charge in [-0.3, -0.25) is 4.79 Å². The highest BCUT2D eigenvalue weighted by atomic mass is 16.1. The molecule has 1 aliphatic rings. The smallest absolute Gasteiger partial charge is 0.223 e. The van der Waals surface area contributed by atoms with Crippen molar-refractivity contribution in [3.8, 4) is 0 Å². The summed E-state index contributed by atoms with van der Waals surface area (Å²) in [5.41, 5.74) is 0. The highest BCUT2D eigenvalue weighted by Crippen LogP contribution is 2.30. The molecule has 58 valence electrons. The Hall–Kier alpha value is -0.530. The molecule has 0 aliphatic heterocycles. The summed E-state index contributed by atoms with van der Waals surface area (Å²) >= 11 is 0. The van der Waals surface area contributed by atoms with Gasteiger partial charge in [-0.1, -0.05) is 13.3 Å². The molecule has 0 aromatic heterocycles. The molecule has 1 fully saturated rings. The zero-order valence-electron chi connectivity index (χ0n) is 6.68. The minimum absolute atomic E-state index is 0.227. The first-order chi connectivity index (χ1) is 4.75. The van der Waals surface area contributed by atoms with Crippen LogP contribution in [0.4, 0.5) is 0 Å². The number of rotatable bonds is 1. The summed E-state index contributed by atoms with van der Waals surface area (Å²) in [5, 5.41) is 2.70. The summed E-state index contributed by atoms with van der Waals surface area (Å²) in [4.78, 5) is 11.1. The molecular weight excluding hydrogens is 126 g/mol. The van der Waals surface area contributed by atoms with Gasteiger partial charge in [0.1, 0.15) is 0 Å². The third kappa shape index (κ3) is 1.31. The molecule has 0 heterocycles. The molecular formula is C8H15NO. The van der Waals surface area contributed by atoms with Crippen molar-refractivity contribution in [1.82, 2.24) is 5.32 Å². The van der Waals surface area contributed by atoms with E-state index in [9.17, 15) is 4.79 Å². The lowest BCUT2D eigenvalue weighted by molar-refractivity contribution is -0.125. The van der Waals surface area contributed by atoms with Crippen molar-refractivity contribution in [2.75, 3.05) is 7.05 Å². The van der Waals surface area contributed by atoms with Crippen LogP contribution in [-0.2, 0) is 4.79 Å². The second kappa shape index (κ2) is 3.04. The maximum atomic E-state index is 11.1. The average Bonchev–Trinajstić information content (AvgIpc) is 2.34. The summed E-state index contributed by atoms with van der Waals surface area (Å²) in [7, 11) is 1.72. The first-order valence-corrected chi connectivity index (χ1v) is 3.97. The fourth-order valence-electron chi connectivity index (χ4n) is 1.72. The molecule has 10 heavy (non-hydrogen) atoms. The third-order valence-electron chi connectivity index (χ3n) is 2.44. The van der Waals surface area contributed by atoms with E-state index in [1.807, 2.05) is 0 Å². The molecule has 2 nitrogen and oxygen atoms in total. The van der Waals surface area contributed by atoms with Gasteiger partial charge in [0.2, 0.25) is 5.91 Å². The summed E-state index contributed by atoms with van der Waals surface area (Å²) in [5.74, 6) is 1.12. The van der Waals surface area contributed by atoms with Crippen LogP contribution in [0.1, 0.15) is 26.2 Å². The normalized spacial score (nSPS) is 32.2. The molecule has 2 unspecified atom stereocenters. The SMILES string of the molecule is CNC(=O)C1CCCC1C. The first-order valence-electron chi connectivity index (χ1n) is 3.97. The largest absolute Gasteiger partial charge is 0.359 e. The Bertz CT molecular complexity index is 133. The predicted molar refractivity (Wildman–Crippen MR) is 40.6 cm³/mol. The predicted octanol–water partition coefficient (Wildman–Crippen LogP) is 1.17. The van der Waals surface area contributed by atoms with Gasteiger partial charge >= 0.3 is 0 Å². The Morgan fingerprint density at radius 2 is 2.20 bits per heavy atom. The molecule has 2 heteroatoms. The van der Waals surface area contributed by atoms with Crippen molar-refractivity contribution < 1.29 is 4.79 Å². The molecule has 1 N–H and O–H groups in total. The number of amides is 1. The van der Waals surface area contributed by atoms with Crippen molar-refractivity contribution in [2.24, 2.45) is 11.8 Å². The highest BCUT2D eigenvalue weighted by Gasteiger charge is 2.28. The van der Waals surface area contributed by atoms with E-state index in [2.05, 4.69) is 12.2 Å². The lowest BCUT2D eigenvalue weighted by Crippen LogP contribution is -2.28. The molecule has 1 rings (SSSR count). The molecule has 1 amide bonds. The standard InChI is InChI=1S/C8H15NO/c1-6-4-3-5-7(6)8(10)9-2/h6-7H,3-5H2,1-2H3,(H,9,10). The van der Waals surface area contributed by atoms with Crippen LogP contribution in [0.3, 0.4) is 0 Å². The first kappa shape index (κ1) is 7.58. The monoisotopic (exact) mass is 141 g/mol. The average molecular weight is 141 g/mol. The maximum absolute atomic E-state index is 11.1. The Balaban J connectivity index is 2.46. The van der Waals surface area contributed by atoms with E-state index in [1.165, 1.54) is 12.8 Å². The van der Waals surface area contributed by atoms with Gasteiger partial charge in [0.15, 0.2) is 0 Å². The number of hydrogen-bond donors (Lipinski definition) is 1. The van der Waals surface area contributed by atoms with E-state index in [-0.39, 0.29) is 5.91 Å². The lowest BCUT2D eigenvalue weighted by Gasteiger charge is -2.12. The van der Waals surface area contributed by atoms with Gasteiger partial charge in [0.05, 0.1) is 0 Å². The van der Waals surface area contributed by atoms with Crippen molar-refractivity contribution in [3.05, 3.63) is 0 Å². The number of carbonyl (C=O) groups excluding carboxylic acids is 1. The molecule has 0 spiro atoms. The summed E-state index contributed by atoms with van der Waals surface area (Å²) in [6, 6.07) is 0. The quantitative estimate of drug-likeness (QED) is 0.583. The molecule has 1 aliphatic carbocycles. The Morgan fingerprint density at radius 1 is 1.50 bits per heavy atom. The van der Waals surface area contributed by atoms with Gasteiger partial charge < -0.3 is 5.32 Å². The number of hydrogen-bond acceptors (Lipinski definition) is 1. The molecule has 0 aromatic carbocycles. The molecule has 0 aromatic rings. The summed E-state index contributed by atoms with van der Waals surface area (Å²) < 4.78 is 0. The fourth-order valence-corrected chi connectivity index (χ4v) is 1.72. The van der Waals surface area contributed by atoms with E-state index in [4.69, 9.17) is 0 Å². The zero-order chi connectivity index (χ0) is 7.56. The van der Waals surface area contributed by atoms with E-state index in [0.717, 1.165) is 6.42 Å². The molecule has 2 atom stereocenters.